The minimum Gasteiger partial charge on any atom is -0.480 e. The molecule has 0 spiro atoms. The van der Waals surface area contributed by atoms with E-state index in [4.69, 9.17) is 9.26 Å². The number of ether oxygens (including phenoxy) is 1. The van der Waals surface area contributed by atoms with Gasteiger partial charge in [0.1, 0.15) is 6.04 Å². The number of nitrogens with one attached hydrogen (secondary N) is 1. The number of carboxylic acid groups (broad SMARTS) is 1. The first-order valence-electron chi connectivity index (χ1n) is 8.07. The molecule has 0 aliphatic heterocycles. The third kappa shape index (κ3) is 7.54. The lowest BCUT2D eigenvalue weighted by Crippen LogP contribution is -2.42. The second kappa shape index (κ2) is 8.77. The SMILES string of the molecule is CC(C)c1noc(CCC(=O)NC(CCOC(C)(C)C)C(=O)O)n1. The highest BCUT2D eigenvalue weighted by molar-refractivity contribution is 5.83. The Morgan fingerprint density at radius 3 is 2.50 bits per heavy atom. The Labute approximate surface area is 142 Å². The van der Waals surface area contributed by atoms with E-state index in [-0.39, 0.29) is 43.3 Å². The van der Waals surface area contributed by atoms with E-state index in [9.17, 15) is 14.7 Å². The third-order valence-corrected chi connectivity index (χ3v) is 3.14. The molecule has 1 rings (SSSR count). The molecular weight excluding hydrogens is 314 g/mol. The van der Waals surface area contributed by atoms with Crippen LogP contribution in [0.2, 0.25) is 0 Å². The fraction of sp³-hybridized carbons (Fsp3) is 0.750. The predicted molar refractivity (Wildman–Crippen MR) is 86.6 cm³/mol. The molecule has 0 saturated carbocycles. The van der Waals surface area contributed by atoms with Gasteiger partial charge in [-0.15, -0.1) is 0 Å². The molecule has 8 nitrogen and oxygen atoms in total. The van der Waals surface area contributed by atoms with Gasteiger partial charge in [0.15, 0.2) is 5.82 Å². The number of nitrogens with zero attached hydrogens (tertiary/aromatic N) is 2. The summed E-state index contributed by atoms with van der Waals surface area (Å²) in [5.41, 5.74) is -0.348. The van der Waals surface area contributed by atoms with Crippen LogP contribution in [0.25, 0.3) is 0 Å². The van der Waals surface area contributed by atoms with Crippen LogP contribution in [-0.4, -0.2) is 45.4 Å². The van der Waals surface area contributed by atoms with Crippen LogP contribution < -0.4 is 5.32 Å². The Balaban J connectivity index is 2.42. The molecule has 8 heteroatoms. The smallest absolute Gasteiger partial charge is 0.326 e. The maximum absolute atomic E-state index is 11.9. The molecule has 136 valence electrons. The van der Waals surface area contributed by atoms with Gasteiger partial charge >= 0.3 is 5.97 Å². The molecule has 0 bridgehead atoms. The number of amides is 1. The first-order chi connectivity index (χ1) is 11.1. The van der Waals surface area contributed by atoms with Crippen LogP contribution >= 0.6 is 0 Å². The first kappa shape index (κ1) is 20.1. The van der Waals surface area contributed by atoms with E-state index in [0.717, 1.165) is 0 Å². The van der Waals surface area contributed by atoms with Crippen LogP contribution in [0, 0.1) is 0 Å². The monoisotopic (exact) mass is 341 g/mol. The van der Waals surface area contributed by atoms with Gasteiger partial charge in [-0.05, 0) is 20.8 Å². The van der Waals surface area contributed by atoms with Gasteiger partial charge < -0.3 is 19.7 Å². The summed E-state index contributed by atoms with van der Waals surface area (Å²) in [4.78, 5) is 27.3. The van der Waals surface area contributed by atoms with Crippen molar-refractivity contribution in [3.63, 3.8) is 0 Å². The van der Waals surface area contributed by atoms with E-state index in [0.29, 0.717) is 11.7 Å². The molecule has 0 radical (unpaired) electrons. The van der Waals surface area contributed by atoms with Gasteiger partial charge in [0.25, 0.3) is 0 Å². The number of carbonyl (C=O) groups is 2. The van der Waals surface area contributed by atoms with Crippen LogP contribution in [-0.2, 0) is 20.7 Å². The molecule has 0 saturated heterocycles. The quantitative estimate of drug-likeness (QED) is 0.705. The minimum atomic E-state index is -1.08. The molecule has 2 N–H and O–H groups in total. The molecule has 0 aliphatic rings. The van der Waals surface area contributed by atoms with Crippen molar-refractivity contribution < 1.29 is 24.0 Å². The van der Waals surface area contributed by atoms with E-state index in [1.807, 2.05) is 34.6 Å². The van der Waals surface area contributed by atoms with E-state index < -0.39 is 12.0 Å². The molecule has 1 amide bonds. The van der Waals surface area contributed by atoms with Crippen molar-refractivity contribution in [1.29, 1.82) is 0 Å². The number of aryl methyl sites for hydroxylation is 1. The Hall–Kier alpha value is -1.96. The van der Waals surface area contributed by atoms with Gasteiger partial charge in [0, 0.05) is 31.8 Å². The summed E-state index contributed by atoms with van der Waals surface area (Å²) < 4.78 is 10.6. The molecule has 0 aromatic carbocycles. The molecule has 0 aliphatic carbocycles. The topological polar surface area (TPSA) is 115 Å². The third-order valence-electron chi connectivity index (χ3n) is 3.14. The molecule has 1 aromatic heterocycles. The zero-order valence-corrected chi connectivity index (χ0v) is 15.0. The number of hydrogen-bond donors (Lipinski definition) is 2. The molecule has 24 heavy (non-hydrogen) atoms. The molecule has 1 heterocycles. The summed E-state index contributed by atoms with van der Waals surface area (Å²) in [6.07, 6.45) is 0.566. The number of aromatic nitrogens is 2. The van der Waals surface area contributed by atoms with Gasteiger partial charge in [-0.3, -0.25) is 4.79 Å². The van der Waals surface area contributed by atoms with Gasteiger partial charge in [-0.2, -0.15) is 4.98 Å². The zero-order chi connectivity index (χ0) is 18.3. The number of aliphatic carboxylic acids is 1. The summed E-state index contributed by atoms with van der Waals surface area (Å²) in [5, 5.41) is 15.5. The number of hydrogen-bond acceptors (Lipinski definition) is 6. The van der Waals surface area contributed by atoms with E-state index in [2.05, 4.69) is 15.5 Å². The second-order valence-electron chi connectivity index (χ2n) is 6.91. The van der Waals surface area contributed by atoms with Crippen molar-refractivity contribution in [2.24, 2.45) is 0 Å². The number of rotatable bonds is 9. The zero-order valence-electron chi connectivity index (χ0n) is 15.0. The highest BCUT2D eigenvalue weighted by Gasteiger charge is 2.21. The molecular formula is C16H27N3O5. The van der Waals surface area contributed by atoms with Crippen molar-refractivity contribution in [2.45, 2.75) is 71.4 Å². The lowest BCUT2D eigenvalue weighted by atomic mass is 10.1. The average Bonchev–Trinajstić information content (AvgIpc) is 2.91. The van der Waals surface area contributed by atoms with Crippen LogP contribution in [0.15, 0.2) is 4.52 Å². The van der Waals surface area contributed by atoms with Crippen LogP contribution in [0.5, 0.6) is 0 Å². The van der Waals surface area contributed by atoms with E-state index >= 15 is 0 Å². The Kier molecular flexibility index (Phi) is 7.34. The summed E-state index contributed by atoms with van der Waals surface area (Å²) in [5.74, 6) is -0.344. The molecule has 0 fully saturated rings. The van der Waals surface area contributed by atoms with Gasteiger partial charge in [-0.1, -0.05) is 19.0 Å². The van der Waals surface area contributed by atoms with Crippen molar-refractivity contribution >= 4 is 11.9 Å². The fourth-order valence-corrected chi connectivity index (χ4v) is 1.83. The van der Waals surface area contributed by atoms with Crippen molar-refractivity contribution in [3.8, 4) is 0 Å². The predicted octanol–water partition coefficient (Wildman–Crippen LogP) is 1.90. The summed E-state index contributed by atoms with van der Waals surface area (Å²) in [7, 11) is 0. The van der Waals surface area contributed by atoms with E-state index in [1.54, 1.807) is 0 Å². The largest absolute Gasteiger partial charge is 0.480 e. The first-order valence-corrected chi connectivity index (χ1v) is 8.07. The van der Waals surface area contributed by atoms with Crippen molar-refractivity contribution in [3.05, 3.63) is 11.7 Å². The van der Waals surface area contributed by atoms with Crippen molar-refractivity contribution in [2.75, 3.05) is 6.61 Å². The van der Waals surface area contributed by atoms with Crippen LogP contribution in [0.3, 0.4) is 0 Å². The van der Waals surface area contributed by atoms with Gasteiger partial charge in [0.2, 0.25) is 11.8 Å². The lowest BCUT2D eigenvalue weighted by Gasteiger charge is -2.21. The van der Waals surface area contributed by atoms with Crippen molar-refractivity contribution in [1.82, 2.24) is 15.5 Å². The molecule has 1 atom stereocenters. The van der Waals surface area contributed by atoms with Crippen LogP contribution in [0.1, 0.15) is 65.1 Å². The molecule has 1 aromatic rings. The highest BCUT2D eigenvalue weighted by Crippen LogP contribution is 2.11. The second-order valence-corrected chi connectivity index (χ2v) is 6.91. The van der Waals surface area contributed by atoms with Crippen LogP contribution in [0.4, 0.5) is 0 Å². The Bertz CT molecular complexity index is 548. The van der Waals surface area contributed by atoms with Gasteiger partial charge in [0.05, 0.1) is 5.60 Å². The lowest BCUT2D eigenvalue weighted by molar-refractivity contribution is -0.142. The van der Waals surface area contributed by atoms with Gasteiger partial charge in [-0.25, -0.2) is 4.79 Å². The minimum absolute atomic E-state index is 0.0869. The number of carbonyl (C=O) groups excluding carboxylic acids is 1. The fourth-order valence-electron chi connectivity index (χ4n) is 1.83. The standard InChI is InChI=1S/C16H27N3O5/c1-10(2)14-18-13(24-19-14)7-6-12(20)17-11(15(21)22)8-9-23-16(3,4)5/h10-11H,6-9H2,1-5H3,(H,17,20)(H,21,22). The van der Waals surface area contributed by atoms with E-state index in [1.165, 1.54) is 0 Å². The average molecular weight is 341 g/mol. The molecule has 1 unspecified atom stereocenters. The summed E-state index contributed by atoms with van der Waals surface area (Å²) >= 11 is 0. The number of carboxylic acids is 1. The maximum Gasteiger partial charge on any atom is 0.326 e. The maximum atomic E-state index is 11.9. The highest BCUT2D eigenvalue weighted by atomic mass is 16.5. The summed E-state index contributed by atoms with van der Waals surface area (Å²) in [6.45, 7) is 9.80. The summed E-state index contributed by atoms with van der Waals surface area (Å²) in [6, 6.07) is -0.978. The Morgan fingerprint density at radius 1 is 1.33 bits per heavy atom. The Morgan fingerprint density at radius 2 is 2.00 bits per heavy atom. The normalized spacial score (nSPS) is 13.1.